The highest BCUT2D eigenvalue weighted by Crippen LogP contribution is 2.23. The van der Waals surface area contributed by atoms with Gasteiger partial charge in [-0.1, -0.05) is 31.9 Å². The molecule has 0 spiro atoms. The Morgan fingerprint density at radius 1 is 1.47 bits per heavy atom. The molecule has 17 heavy (non-hydrogen) atoms. The summed E-state index contributed by atoms with van der Waals surface area (Å²) in [6.45, 7) is 2.07. The third-order valence-electron chi connectivity index (χ3n) is 2.57. The molecule has 0 saturated heterocycles. The molecule has 0 heterocycles. The van der Waals surface area contributed by atoms with Gasteiger partial charge in [-0.15, -0.1) is 0 Å². The van der Waals surface area contributed by atoms with Crippen LogP contribution in [0.15, 0.2) is 24.3 Å². The average Bonchev–Trinajstić information content (AvgIpc) is 2.36. The Morgan fingerprint density at radius 3 is 2.82 bits per heavy atom. The molecule has 0 fully saturated rings. The molecule has 1 atom stereocenters. The van der Waals surface area contributed by atoms with Gasteiger partial charge in [0.25, 0.3) is 0 Å². The number of rotatable bonds is 6. The van der Waals surface area contributed by atoms with Gasteiger partial charge in [0.1, 0.15) is 5.75 Å². The number of unbranched alkanes of at least 4 members (excludes halogenated alkanes) is 1. The van der Waals surface area contributed by atoms with Crippen molar-refractivity contribution in [2.45, 2.75) is 32.2 Å². The van der Waals surface area contributed by atoms with Crippen molar-refractivity contribution in [2.24, 2.45) is 5.73 Å². The second kappa shape index (κ2) is 6.91. The van der Waals surface area contributed by atoms with Crippen LogP contribution in [0.2, 0.25) is 0 Å². The average molecular weight is 236 g/mol. The molecular formula is C13H20N2O2. The van der Waals surface area contributed by atoms with Gasteiger partial charge in [-0.25, -0.2) is 0 Å². The number of nitrogens with one attached hydrogen (secondary N) is 1. The zero-order valence-electron chi connectivity index (χ0n) is 10.4. The first kappa shape index (κ1) is 13.5. The van der Waals surface area contributed by atoms with Gasteiger partial charge >= 0.3 is 0 Å². The maximum Gasteiger partial charge on any atom is 0.241 e. The van der Waals surface area contributed by atoms with E-state index in [2.05, 4.69) is 12.2 Å². The second-order valence-electron chi connectivity index (χ2n) is 3.94. The molecule has 0 aliphatic carbocycles. The van der Waals surface area contributed by atoms with Gasteiger partial charge in [0.2, 0.25) is 5.91 Å². The van der Waals surface area contributed by atoms with E-state index >= 15 is 0 Å². The molecule has 1 aromatic rings. The third kappa shape index (κ3) is 4.07. The first-order valence-corrected chi connectivity index (χ1v) is 5.88. The van der Waals surface area contributed by atoms with Crippen molar-refractivity contribution in [2.75, 3.05) is 12.4 Å². The Kier molecular flexibility index (Phi) is 5.49. The zero-order valence-corrected chi connectivity index (χ0v) is 10.4. The third-order valence-corrected chi connectivity index (χ3v) is 2.57. The van der Waals surface area contributed by atoms with Crippen LogP contribution >= 0.6 is 0 Å². The highest BCUT2D eigenvalue weighted by molar-refractivity contribution is 5.95. The summed E-state index contributed by atoms with van der Waals surface area (Å²) in [5.41, 5.74) is 6.45. The van der Waals surface area contributed by atoms with Crippen LogP contribution in [0.4, 0.5) is 5.69 Å². The van der Waals surface area contributed by atoms with Crippen molar-refractivity contribution >= 4 is 11.6 Å². The first-order chi connectivity index (χ1) is 8.19. The van der Waals surface area contributed by atoms with E-state index < -0.39 is 6.04 Å². The van der Waals surface area contributed by atoms with E-state index in [1.807, 2.05) is 12.1 Å². The van der Waals surface area contributed by atoms with Gasteiger partial charge in [0, 0.05) is 0 Å². The Hall–Kier alpha value is -1.55. The predicted molar refractivity (Wildman–Crippen MR) is 69.1 cm³/mol. The molecule has 0 aliphatic rings. The maximum absolute atomic E-state index is 11.8. The number of anilines is 1. The van der Waals surface area contributed by atoms with Crippen LogP contribution in [0.3, 0.4) is 0 Å². The van der Waals surface area contributed by atoms with Crippen molar-refractivity contribution in [1.82, 2.24) is 0 Å². The fourth-order valence-corrected chi connectivity index (χ4v) is 1.53. The van der Waals surface area contributed by atoms with E-state index in [0.717, 1.165) is 12.8 Å². The molecule has 0 unspecified atom stereocenters. The minimum atomic E-state index is -0.458. The van der Waals surface area contributed by atoms with E-state index in [1.54, 1.807) is 19.2 Å². The highest BCUT2D eigenvalue weighted by atomic mass is 16.5. The minimum Gasteiger partial charge on any atom is -0.495 e. The molecule has 0 aromatic heterocycles. The molecule has 0 aliphatic heterocycles. The Bertz CT molecular complexity index is 366. The summed E-state index contributed by atoms with van der Waals surface area (Å²) >= 11 is 0. The van der Waals surface area contributed by atoms with Crippen molar-refractivity contribution in [3.05, 3.63) is 24.3 Å². The Balaban J connectivity index is 2.61. The second-order valence-corrected chi connectivity index (χ2v) is 3.94. The quantitative estimate of drug-likeness (QED) is 0.795. The normalized spacial score (nSPS) is 11.9. The smallest absolute Gasteiger partial charge is 0.241 e. The molecule has 94 valence electrons. The Labute approximate surface area is 102 Å². The van der Waals surface area contributed by atoms with E-state index in [9.17, 15) is 4.79 Å². The number of nitrogens with two attached hydrogens (primary N) is 1. The SMILES string of the molecule is CCCC[C@H](N)C(=O)Nc1ccccc1OC. The van der Waals surface area contributed by atoms with Crippen molar-refractivity contribution in [1.29, 1.82) is 0 Å². The molecule has 4 heteroatoms. The molecular weight excluding hydrogens is 216 g/mol. The predicted octanol–water partition coefficient (Wildman–Crippen LogP) is 2.15. The van der Waals surface area contributed by atoms with E-state index in [1.165, 1.54) is 0 Å². The van der Waals surface area contributed by atoms with Crippen LogP contribution in [0, 0.1) is 0 Å². The zero-order chi connectivity index (χ0) is 12.7. The van der Waals surface area contributed by atoms with E-state index in [0.29, 0.717) is 17.9 Å². The summed E-state index contributed by atoms with van der Waals surface area (Å²) < 4.78 is 5.15. The monoisotopic (exact) mass is 236 g/mol. The maximum atomic E-state index is 11.8. The lowest BCUT2D eigenvalue weighted by Crippen LogP contribution is -2.35. The van der Waals surface area contributed by atoms with Gasteiger partial charge in [-0.2, -0.15) is 0 Å². The number of carbonyl (C=O) groups excluding carboxylic acids is 1. The highest BCUT2D eigenvalue weighted by Gasteiger charge is 2.14. The largest absolute Gasteiger partial charge is 0.495 e. The lowest BCUT2D eigenvalue weighted by molar-refractivity contribution is -0.117. The van der Waals surface area contributed by atoms with E-state index in [-0.39, 0.29) is 5.91 Å². The van der Waals surface area contributed by atoms with Gasteiger partial charge < -0.3 is 15.8 Å². The number of ether oxygens (including phenoxy) is 1. The van der Waals surface area contributed by atoms with Crippen LogP contribution in [-0.4, -0.2) is 19.1 Å². The summed E-state index contributed by atoms with van der Waals surface area (Å²) in [5.74, 6) is 0.478. The Morgan fingerprint density at radius 2 is 2.18 bits per heavy atom. The summed E-state index contributed by atoms with van der Waals surface area (Å²) in [6, 6.07) is 6.83. The standard InChI is InChI=1S/C13H20N2O2/c1-3-4-7-10(14)13(16)15-11-8-5-6-9-12(11)17-2/h5-6,8-10H,3-4,7,14H2,1-2H3,(H,15,16)/t10-/m0/s1. The number of hydrogen-bond acceptors (Lipinski definition) is 3. The number of hydrogen-bond donors (Lipinski definition) is 2. The summed E-state index contributed by atoms with van der Waals surface area (Å²) in [6.07, 6.45) is 2.70. The fraction of sp³-hybridized carbons (Fsp3) is 0.462. The summed E-state index contributed by atoms with van der Waals surface area (Å²) in [7, 11) is 1.57. The molecule has 1 rings (SSSR count). The molecule has 4 nitrogen and oxygen atoms in total. The number of carbonyl (C=O) groups is 1. The number of para-hydroxylation sites is 2. The molecule has 0 saturated carbocycles. The van der Waals surface area contributed by atoms with Crippen LogP contribution in [0.5, 0.6) is 5.75 Å². The molecule has 0 radical (unpaired) electrons. The molecule has 0 bridgehead atoms. The topological polar surface area (TPSA) is 64.4 Å². The van der Waals surface area contributed by atoms with Crippen molar-refractivity contribution in [3.8, 4) is 5.75 Å². The molecule has 3 N–H and O–H groups in total. The lowest BCUT2D eigenvalue weighted by atomic mass is 10.1. The summed E-state index contributed by atoms with van der Waals surface area (Å²) in [5, 5.41) is 2.78. The van der Waals surface area contributed by atoms with Gasteiger partial charge in [-0.05, 0) is 18.6 Å². The lowest BCUT2D eigenvalue weighted by Gasteiger charge is -2.13. The number of amides is 1. The van der Waals surface area contributed by atoms with E-state index in [4.69, 9.17) is 10.5 Å². The van der Waals surface area contributed by atoms with Crippen LogP contribution < -0.4 is 15.8 Å². The van der Waals surface area contributed by atoms with Gasteiger partial charge in [0.05, 0.1) is 18.8 Å². The van der Waals surface area contributed by atoms with Crippen LogP contribution in [0.1, 0.15) is 26.2 Å². The fourth-order valence-electron chi connectivity index (χ4n) is 1.53. The van der Waals surface area contributed by atoms with Crippen LogP contribution in [-0.2, 0) is 4.79 Å². The summed E-state index contributed by atoms with van der Waals surface area (Å²) in [4.78, 5) is 11.8. The van der Waals surface area contributed by atoms with Gasteiger partial charge in [-0.3, -0.25) is 4.79 Å². The molecule has 1 aromatic carbocycles. The molecule has 1 amide bonds. The number of methoxy groups -OCH3 is 1. The van der Waals surface area contributed by atoms with Crippen molar-refractivity contribution < 1.29 is 9.53 Å². The minimum absolute atomic E-state index is 0.164. The first-order valence-electron chi connectivity index (χ1n) is 5.88. The van der Waals surface area contributed by atoms with Gasteiger partial charge in [0.15, 0.2) is 0 Å². The van der Waals surface area contributed by atoms with Crippen molar-refractivity contribution in [3.63, 3.8) is 0 Å². The number of benzene rings is 1. The van der Waals surface area contributed by atoms with Crippen LogP contribution in [0.25, 0.3) is 0 Å².